The Morgan fingerprint density at radius 2 is 2.19 bits per heavy atom. The van der Waals surface area contributed by atoms with Gasteiger partial charge in [0.05, 0.1) is 25.6 Å². The van der Waals surface area contributed by atoms with Crippen molar-refractivity contribution in [2.75, 3.05) is 53.1 Å². The van der Waals surface area contributed by atoms with Gasteiger partial charge in [-0.25, -0.2) is 4.98 Å². The summed E-state index contributed by atoms with van der Waals surface area (Å²) in [5, 5.41) is 3.46. The fraction of sp³-hybridized carbons (Fsp3) is 0.789. The lowest BCUT2D eigenvalue weighted by molar-refractivity contribution is 0.0690. The first-order valence-corrected chi connectivity index (χ1v) is 9.83. The Balaban J connectivity index is 1.81. The molecule has 1 fully saturated rings. The highest BCUT2D eigenvalue weighted by atomic mass is 16.5. The van der Waals surface area contributed by atoms with Gasteiger partial charge in [-0.1, -0.05) is 6.92 Å². The highest BCUT2D eigenvalue weighted by molar-refractivity contribution is 5.80. The molecule has 1 aromatic heterocycles. The number of imidazole rings is 1. The smallest absolute Gasteiger partial charge is 0.193 e. The van der Waals surface area contributed by atoms with E-state index in [2.05, 4.69) is 39.8 Å². The van der Waals surface area contributed by atoms with Crippen molar-refractivity contribution in [2.24, 2.45) is 10.9 Å². The Bertz CT molecular complexity index is 506. The predicted molar refractivity (Wildman–Crippen MR) is 105 cm³/mol. The first-order valence-electron chi connectivity index (χ1n) is 9.83. The lowest BCUT2D eigenvalue weighted by Crippen LogP contribution is -2.49. The third kappa shape index (κ3) is 6.61. The van der Waals surface area contributed by atoms with E-state index in [4.69, 9.17) is 14.5 Å². The van der Waals surface area contributed by atoms with E-state index in [0.717, 1.165) is 51.6 Å². The van der Waals surface area contributed by atoms with Gasteiger partial charge in [-0.3, -0.25) is 4.99 Å². The Morgan fingerprint density at radius 1 is 1.31 bits per heavy atom. The van der Waals surface area contributed by atoms with Gasteiger partial charge in [0.15, 0.2) is 5.96 Å². The number of aromatic nitrogens is 2. The summed E-state index contributed by atoms with van der Waals surface area (Å²) in [5.41, 5.74) is 0. The molecule has 2 unspecified atom stereocenters. The number of aliphatic imine (C=N–C) groups is 1. The zero-order chi connectivity index (χ0) is 18.6. The molecule has 1 N–H and O–H groups in total. The number of ether oxygens (including phenoxy) is 2. The minimum absolute atomic E-state index is 0.448. The molecule has 26 heavy (non-hydrogen) atoms. The number of nitrogens with zero attached hydrogens (tertiary/aromatic N) is 4. The van der Waals surface area contributed by atoms with E-state index < -0.39 is 0 Å². The first kappa shape index (κ1) is 20.7. The Hall–Kier alpha value is -1.60. The van der Waals surface area contributed by atoms with Crippen molar-refractivity contribution >= 4 is 5.96 Å². The minimum Gasteiger partial charge on any atom is -0.382 e. The quantitative estimate of drug-likeness (QED) is 0.391. The summed E-state index contributed by atoms with van der Waals surface area (Å²) in [6.45, 7) is 10.3. The van der Waals surface area contributed by atoms with E-state index >= 15 is 0 Å². The van der Waals surface area contributed by atoms with Gasteiger partial charge >= 0.3 is 0 Å². The molecule has 1 aliphatic rings. The molecule has 0 bridgehead atoms. The molecule has 148 valence electrons. The molecule has 0 radical (unpaired) electrons. The molecule has 2 atom stereocenters. The Kier molecular flexibility index (Phi) is 9.48. The number of rotatable bonds is 10. The molecule has 1 aliphatic heterocycles. The monoisotopic (exact) mass is 365 g/mol. The summed E-state index contributed by atoms with van der Waals surface area (Å²) < 4.78 is 12.7. The normalized spacial score (nSPS) is 21.2. The zero-order valence-corrected chi connectivity index (χ0v) is 16.6. The average molecular weight is 366 g/mol. The van der Waals surface area contributed by atoms with Crippen LogP contribution in [0.5, 0.6) is 0 Å². The van der Waals surface area contributed by atoms with E-state index in [1.54, 1.807) is 7.11 Å². The minimum atomic E-state index is 0.448. The highest BCUT2D eigenvalue weighted by Gasteiger charge is 2.28. The molecule has 1 saturated heterocycles. The summed E-state index contributed by atoms with van der Waals surface area (Å²) in [6.07, 6.45) is 9.09. The van der Waals surface area contributed by atoms with Crippen molar-refractivity contribution in [3.8, 4) is 0 Å². The molecule has 0 amide bonds. The number of unbranched alkanes of at least 4 members (excludes halogenated alkanes) is 1. The maximum absolute atomic E-state index is 5.50. The number of hydrogen-bond acceptors (Lipinski definition) is 4. The van der Waals surface area contributed by atoms with Crippen molar-refractivity contribution in [1.82, 2.24) is 19.8 Å². The van der Waals surface area contributed by atoms with Crippen LogP contribution in [-0.2, 0) is 9.47 Å². The van der Waals surface area contributed by atoms with Crippen LogP contribution in [0.15, 0.2) is 23.7 Å². The number of nitrogens with one attached hydrogen (secondary N) is 1. The molecular formula is C19H35N5O2. The third-order valence-electron chi connectivity index (χ3n) is 4.85. The van der Waals surface area contributed by atoms with E-state index in [-0.39, 0.29) is 0 Å². The summed E-state index contributed by atoms with van der Waals surface area (Å²) in [5.74, 6) is 1.68. The molecule has 0 aromatic carbocycles. The van der Waals surface area contributed by atoms with Gasteiger partial charge in [0.25, 0.3) is 0 Å². The van der Waals surface area contributed by atoms with Crippen LogP contribution in [0.2, 0.25) is 0 Å². The maximum Gasteiger partial charge on any atom is 0.193 e. The third-order valence-corrected chi connectivity index (χ3v) is 4.85. The van der Waals surface area contributed by atoms with Gasteiger partial charge in [-0.15, -0.1) is 0 Å². The highest BCUT2D eigenvalue weighted by Crippen LogP contribution is 2.27. The molecule has 0 saturated carbocycles. The number of guanidine groups is 1. The maximum atomic E-state index is 5.50. The van der Waals surface area contributed by atoms with Crippen LogP contribution in [-0.4, -0.2) is 73.5 Å². The van der Waals surface area contributed by atoms with Gasteiger partial charge < -0.3 is 24.3 Å². The lowest BCUT2D eigenvalue weighted by atomic mass is 9.93. The Labute approximate surface area is 157 Å². The molecule has 0 aliphatic carbocycles. The second-order valence-corrected chi connectivity index (χ2v) is 6.84. The second-order valence-electron chi connectivity index (χ2n) is 6.84. The van der Waals surface area contributed by atoms with Gasteiger partial charge in [0, 0.05) is 52.3 Å². The van der Waals surface area contributed by atoms with E-state index in [1.807, 2.05) is 12.5 Å². The molecule has 2 heterocycles. The van der Waals surface area contributed by atoms with Crippen LogP contribution < -0.4 is 5.32 Å². The lowest BCUT2D eigenvalue weighted by Gasteiger charge is -2.39. The number of likely N-dealkylation sites (tertiary alicyclic amines) is 1. The van der Waals surface area contributed by atoms with Crippen molar-refractivity contribution in [1.29, 1.82) is 0 Å². The van der Waals surface area contributed by atoms with Gasteiger partial charge in [-0.05, 0) is 32.1 Å². The van der Waals surface area contributed by atoms with Crippen molar-refractivity contribution in [2.45, 2.75) is 39.2 Å². The van der Waals surface area contributed by atoms with Crippen molar-refractivity contribution in [3.05, 3.63) is 18.7 Å². The molecule has 2 rings (SSSR count). The number of methoxy groups -OCH3 is 1. The summed E-state index contributed by atoms with van der Waals surface area (Å²) >= 11 is 0. The number of piperidine rings is 1. The summed E-state index contributed by atoms with van der Waals surface area (Å²) in [6, 6.07) is 0.448. The van der Waals surface area contributed by atoms with Crippen LogP contribution in [0, 0.1) is 5.92 Å². The molecular weight excluding hydrogens is 330 g/mol. The van der Waals surface area contributed by atoms with E-state index in [1.165, 1.54) is 6.42 Å². The molecule has 1 aromatic rings. The fourth-order valence-electron chi connectivity index (χ4n) is 3.27. The molecule has 7 nitrogen and oxygen atoms in total. The van der Waals surface area contributed by atoms with E-state index in [9.17, 15) is 0 Å². The number of hydrogen-bond donors (Lipinski definition) is 1. The fourth-order valence-corrected chi connectivity index (χ4v) is 3.27. The largest absolute Gasteiger partial charge is 0.382 e. The van der Waals surface area contributed by atoms with Crippen molar-refractivity contribution < 1.29 is 9.47 Å². The molecule has 0 spiro atoms. The first-order chi connectivity index (χ1) is 12.8. The molecule has 7 heteroatoms. The topological polar surface area (TPSA) is 63.9 Å². The predicted octanol–water partition coefficient (Wildman–Crippen LogP) is 2.17. The van der Waals surface area contributed by atoms with Crippen LogP contribution in [0.3, 0.4) is 0 Å². The standard InChI is InChI=1S/C19H35N5O2/c1-4-21-19(22-8-5-6-12-26-14-13-25-3)23-10-7-17(2)18(15-23)24-11-9-20-16-24/h9,11,16-18H,4-8,10,12-15H2,1-3H3,(H,21,22). The SMILES string of the molecule is CCNC(=NCCCCOCCOC)N1CCC(C)C(n2ccnc2)C1. The zero-order valence-electron chi connectivity index (χ0n) is 16.6. The van der Waals surface area contributed by atoms with Crippen LogP contribution in [0.1, 0.15) is 39.2 Å². The average Bonchev–Trinajstić information content (AvgIpc) is 3.18. The van der Waals surface area contributed by atoms with Crippen LogP contribution in [0.4, 0.5) is 0 Å². The van der Waals surface area contributed by atoms with Crippen LogP contribution >= 0.6 is 0 Å². The second kappa shape index (κ2) is 11.9. The van der Waals surface area contributed by atoms with Gasteiger partial charge in [-0.2, -0.15) is 0 Å². The van der Waals surface area contributed by atoms with E-state index in [0.29, 0.717) is 25.2 Å². The van der Waals surface area contributed by atoms with Crippen LogP contribution in [0.25, 0.3) is 0 Å². The van der Waals surface area contributed by atoms with Gasteiger partial charge in [0.2, 0.25) is 0 Å². The Morgan fingerprint density at radius 3 is 2.92 bits per heavy atom. The van der Waals surface area contributed by atoms with Gasteiger partial charge in [0.1, 0.15) is 0 Å². The summed E-state index contributed by atoms with van der Waals surface area (Å²) in [7, 11) is 1.69. The van der Waals surface area contributed by atoms with Crippen molar-refractivity contribution in [3.63, 3.8) is 0 Å². The summed E-state index contributed by atoms with van der Waals surface area (Å²) in [4.78, 5) is 11.4.